The summed E-state index contributed by atoms with van der Waals surface area (Å²) in [7, 11) is 0. The molecule has 1 heterocycles. The van der Waals surface area contributed by atoms with Gasteiger partial charge in [-0.3, -0.25) is 10.1 Å². The largest absolute Gasteiger partial charge is 0.461 e. The molecule has 0 aliphatic carbocycles. The Kier molecular flexibility index (Phi) is 3.56. The van der Waals surface area contributed by atoms with Crippen molar-refractivity contribution in [2.24, 2.45) is 0 Å². The zero-order valence-corrected chi connectivity index (χ0v) is 8.52. The number of aromatic nitrogens is 1. The lowest BCUT2D eigenvalue weighted by Crippen LogP contribution is -2.08. The Balaban J connectivity index is 3.03. The highest BCUT2D eigenvalue weighted by molar-refractivity contribution is 6.33. The maximum absolute atomic E-state index is 11.2. The fourth-order valence-corrected chi connectivity index (χ4v) is 1.12. The van der Waals surface area contributed by atoms with Crippen molar-refractivity contribution in [3.63, 3.8) is 0 Å². The van der Waals surface area contributed by atoms with Gasteiger partial charge in [-0.25, -0.2) is 9.78 Å². The fraction of sp³-hybridized carbons (Fsp3) is 0.250. The molecular weight excluding hydrogens is 224 g/mol. The van der Waals surface area contributed by atoms with Crippen LogP contribution in [0.5, 0.6) is 0 Å². The SMILES string of the molecule is CCOC(=O)c1ncc([N+](=O)[O-])cc1Cl. The maximum Gasteiger partial charge on any atom is 0.358 e. The molecule has 80 valence electrons. The Bertz CT molecular complexity index is 408. The molecule has 0 fully saturated rings. The monoisotopic (exact) mass is 230 g/mol. The highest BCUT2D eigenvalue weighted by Crippen LogP contribution is 2.20. The number of carbonyl (C=O) groups excluding carboxylic acids is 1. The summed E-state index contributed by atoms with van der Waals surface area (Å²) in [4.78, 5) is 24.5. The van der Waals surface area contributed by atoms with Crippen LogP contribution in [0.4, 0.5) is 5.69 Å². The molecule has 1 rings (SSSR count). The zero-order valence-electron chi connectivity index (χ0n) is 7.77. The Morgan fingerprint density at radius 3 is 2.87 bits per heavy atom. The van der Waals surface area contributed by atoms with Gasteiger partial charge in [0.25, 0.3) is 5.69 Å². The van der Waals surface area contributed by atoms with Crippen molar-refractivity contribution in [3.8, 4) is 0 Å². The van der Waals surface area contributed by atoms with Crippen molar-refractivity contribution in [2.75, 3.05) is 6.61 Å². The smallest absolute Gasteiger partial charge is 0.358 e. The molecule has 0 spiro atoms. The van der Waals surface area contributed by atoms with E-state index in [2.05, 4.69) is 9.72 Å². The number of nitrogens with zero attached hydrogens (tertiary/aromatic N) is 2. The van der Waals surface area contributed by atoms with Crippen LogP contribution < -0.4 is 0 Å². The van der Waals surface area contributed by atoms with Crippen molar-refractivity contribution >= 4 is 23.3 Å². The minimum atomic E-state index is -0.697. The van der Waals surface area contributed by atoms with E-state index in [0.717, 1.165) is 12.3 Å². The third-order valence-electron chi connectivity index (χ3n) is 1.51. The number of pyridine rings is 1. The van der Waals surface area contributed by atoms with Gasteiger partial charge in [-0.15, -0.1) is 0 Å². The third kappa shape index (κ3) is 2.63. The highest BCUT2D eigenvalue weighted by Gasteiger charge is 2.17. The van der Waals surface area contributed by atoms with Gasteiger partial charge in [-0.05, 0) is 6.92 Å². The van der Waals surface area contributed by atoms with Crippen LogP contribution in [-0.2, 0) is 4.74 Å². The average molecular weight is 231 g/mol. The van der Waals surface area contributed by atoms with Crippen molar-refractivity contribution in [1.82, 2.24) is 4.98 Å². The minimum absolute atomic E-state index is 0.0948. The second kappa shape index (κ2) is 4.70. The molecule has 6 nitrogen and oxygen atoms in total. The predicted molar refractivity (Wildman–Crippen MR) is 51.9 cm³/mol. The molecule has 0 amide bonds. The molecule has 1 aromatic heterocycles. The minimum Gasteiger partial charge on any atom is -0.461 e. The lowest BCUT2D eigenvalue weighted by Gasteiger charge is -2.01. The third-order valence-corrected chi connectivity index (χ3v) is 1.79. The van der Waals surface area contributed by atoms with E-state index in [1.165, 1.54) is 0 Å². The second-order valence-corrected chi connectivity index (χ2v) is 2.91. The summed E-state index contributed by atoms with van der Waals surface area (Å²) in [6.07, 6.45) is 0.956. The van der Waals surface area contributed by atoms with E-state index >= 15 is 0 Å². The predicted octanol–water partition coefficient (Wildman–Crippen LogP) is 1.82. The zero-order chi connectivity index (χ0) is 11.4. The first-order valence-electron chi connectivity index (χ1n) is 4.03. The number of hydrogen-bond donors (Lipinski definition) is 0. The average Bonchev–Trinajstić information content (AvgIpc) is 2.17. The molecule has 15 heavy (non-hydrogen) atoms. The summed E-state index contributed by atoms with van der Waals surface area (Å²) in [5.74, 6) is -0.697. The first-order chi connectivity index (χ1) is 7.06. The Labute approximate surface area is 90.0 Å². The van der Waals surface area contributed by atoms with E-state index in [1.54, 1.807) is 6.92 Å². The van der Waals surface area contributed by atoms with Gasteiger partial charge in [0.2, 0.25) is 0 Å². The molecule has 0 aliphatic rings. The van der Waals surface area contributed by atoms with Crippen LogP contribution in [0, 0.1) is 10.1 Å². The van der Waals surface area contributed by atoms with Crippen LogP contribution in [-0.4, -0.2) is 22.5 Å². The molecule has 0 atom stereocenters. The van der Waals surface area contributed by atoms with E-state index in [1.807, 2.05) is 0 Å². The summed E-state index contributed by atoms with van der Waals surface area (Å²) in [6, 6.07) is 1.06. The van der Waals surface area contributed by atoms with Gasteiger partial charge in [0.1, 0.15) is 6.20 Å². The van der Waals surface area contributed by atoms with Crippen LogP contribution in [0.15, 0.2) is 12.3 Å². The van der Waals surface area contributed by atoms with Gasteiger partial charge < -0.3 is 4.74 Å². The number of rotatable bonds is 3. The summed E-state index contributed by atoms with van der Waals surface area (Å²) in [5, 5.41) is 10.3. The van der Waals surface area contributed by atoms with Crippen LogP contribution >= 0.6 is 11.6 Å². The normalized spacial score (nSPS) is 9.73. The van der Waals surface area contributed by atoms with Crippen LogP contribution in [0.1, 0.15) is 17.4 Å². The number of hydrogen-bond acceptors (Lipinski definition) is 5. The molecule has 0 bridgehead atoms. The quantitative estimate of drug-likeness (QED) is 0.449. The Morgan fingerprint density at radius 1 is 1.73 bits per heavy atom. The topological polar surface area (TPSA) is 82.3 Å². The number of ether oxygens (including phenoxy) is 1. The van der Waals surface area contributed by atoms with Crippen LogP contribution in [0.2, 0.25) is 5.02 Å². The molecule has 0 radical (unpaired) electrons. The van der Waals surface area contributed by atoms with E-state index in [4.69, 9.17) is 11.6 Å². The van der Waals surface area contributed by atoms with E-state index < -0.39 is 10.9 Å². The van der Waals surface area contributed by atoms with Gasteiger partial charge in [0, 0.05) is 6.07 Å². The van der Waals surface area contributed by atoms with Crippen molar-refractivity contribution < 1.29 is 14.5 Å². The van der Waals surface area contributed by atoms with Crippen LogP contribution in [0.25, 0.3) is 0 Å². The standard InChI is InChI=1S/C8H7ClN2O4/c1-2-15-8(12)7-6(9)3-5(4-10-7)11(13)14/h3-4H,2H2,1H3. The van der Waals surface area contributed by atoms with Crippen LogP contribution in [0.3, 0.4) is 0 Å². The number of carbonyl (C=O) groups is 1. The van der Waals surface area contributed by atoms with Crippen molar-refractivity contribution in [1.29, 1.82) is 0 Å². The van der Waals surface area contributed by atoms with E-state index in [0.29, 0.717) is 0 Å². The molecule has 0 aliphatic heterocycles. The summed E-state index contributed by atoms with van der Waals surface area (Å²) >= 11 is 5.64. The molecular formula is C8H7ClN2O4. The number of esters is 1. The molecule has 0 saturated carbocycles. The number of halogens is 1. The first-order valence-corrected chi connectivity index (χ1v) is 4.41. The Hall–Kier alpha value is -1.69. The Morgan fingerprint density at radius 2 is 2.40 bits per heavy atom. The molecule has 0 N–H and O–H groups in total. The summed E-state index contributed by atoms with van der Waals surface area (Å²) < 4.78 is 4.65. The van der Waals surface area contributed by atoms with E-state index in [9.17, 15) is 14.9 Å². The van der Waals surface area contributed by atoms with Gasteiger partial charge >= 0.3 is 5.97 Å². The van der Waals surface area contributed by atoms with Gasteiger partial charge in [-0.2, -0.15) is 0 Å². The summed E-state index contributed by atoms with van der Waals surface area (Å²) in [5.41, 5.74) is -0.392. The van der Waals surface area contributed by atoms with Gasteiger partial charge in [-0.1, -0.05) is 11.6 Å². The molecule has 7 heteroatoms. The number of nitro groups is 1. The van der Waals surface area contributed by atoms with Gasteiger partial charge in [0.05, 0.1) is 16.6 Å². The lowest BCUT2D eigenvalue weighted by molar-refractivity contribution is -0.385. The van der Waals surface area contributed by atoms with Crippen molar-refractivity contribution in [2.45, 2.75) is 6.92 Å². The molecule has 0 aromatic carbocycles. The fourth-order valence-electron chi connectivity index (χ4n) is 0.877. The highest BCUT2D eigenvalue weighted by atomic mass is 35.5. The second-order valence-electron chi connectivity index (χ2n) is 2.50. The summed E-state index contributed by atoms with van der Waals surface area (Å²) in [6.45, 7) is 1.82. The molecule has 0 unspecified atom stereocenters. The molecule has 1 aromatic rings. The lowest BCUT2D eigenvalue weighted by atomic mass is 10.3. The molecule has 0 saturated heterocycles. The first kappa shape index (κ1) is 11.4. The van der Waals surface area contributed by atoms with Crippen molar-refractivity contribution in [3.05, 3.63) is 33.1 Å². The van der Waals surface area contributed by atoms with Gasteiger partial charge in [0.15, 0.2) is 5.69 Å². The maximum atomic E-state index is 11.2. The van der Waals surface area contributed by atoms with E-state index in [-0.39, 0.29) is 23.0 Å².